The minimum atomic E-state index is -0.945. The smallest absolute Gasteiger partial charge is 0.253 e. The van der Waals surface area contributed by atoms with E-state index in [9.17, 15) is 9.59 Å². The SMILES string of the molecule is CC(=O)N1CCO[C@@](C)(C(=O)NCCc2cccs2)C1. The van der Waals surface area contributed by atoms with E-state index in [4.69, 9.17) is 4.74 Å². The summed E-state index contributed by atoms with van der Waals surface area (Å²) in [6.45, 7) is 5.09. The Hall–Kier alpha value is -1.40. The fourth-order valence-electron chi connectivity index (χ4n) is 2.22. The van der Waals surface area contributed by atoms with Crippen LogP contribution in [0.1, 0.15) is 18.7 Å². The number of nitrogens with one attached hydrogen (secondary N) is 1. The molecule has 6 heteroatoms. The van der Waals surface area contributed by atoms with Crippen molar-refractivity contribution in [3.8, 4) is 0 Å². The molecular weight excluding hydrogens is 276 g/mol. The van der Waals surface area contributed by atoms with Crippen molar-refractivity contribution in [3.05, 3.63) is 22.4 Å². The van der Waals surface area contributed by atoms with E-state index in [1.54, 1.807) is 23.2 Å². The highest BCUT2D eigenvalue weighted by Crippen LogP contribution is 2.18. The van der Waals surface area contributed by atoms with Crippen molar-refractivity contribution < 1.29 is 14.3 Å². The maximum absolute atomic E-state index is 12.2. The highest BCUT2D eigenvalue weighted by molar-refractivity contribution is 7.09. The zero-order valence-electron chi connectivity index (χ0n) is 11.8. The Morgan fingerprint density at radius 3 is 3.00 bits per heavy atom. The van der Waals surface area contributed by atoms with Crippen LogP contribution in [0.2, 0.25) is 0 Å². The van der Waals surface area contributed by atoms with E-state index in [1.807, 2.05) is 17.5 Å². The zero-order chi connectivity index (χ0) is 14.6. The fraction of sp³-hybridized carbons (Fsp3) is 0.571. The Kier molecular flexibility index (Phi) is 4.77. The van der Waals surface area contributed by atoms with E-state index < -0.39 is 5.60 Å². The first-order valence-electron chi connectivity index (χ1n) is 6.71. The van der Waals surface area contributed by atoms with Gasteiger partial charge in [-0.2, -0.15) is 0 Å². The number of hydrogen-bond acceptors (Lipinski definition) is 4. The summed E-state index contributed by atoms with van der Waals surface area (Å²) in [5.74, 6) is -0.175. The van der Waals surface area contributed by atoms with Crippen LogP contribution in [0.3, 0.4) is 0 Å². The summed E-state index contributed by atoms with van der Waals surface area (Å²) in [7, 11) is 0. The van der Waals surface area contributed by atoms with Crippen LogP contribution in [0.4, 0.5) is 0 Å². The lowest BCUT2D eigenvalue weighted by molar-refractivity contribution is -0.161. The fourth-order valence-corrected chi connectivity index (χ4v) is 2.93. The summed E-state index contributed by atoms with van der Waals surface area (Å²) >= 11 is 1.68. The minimum Gasteiger partial charge on any atom is -0.362 e. The molecule has 1 aromatic rings. The summed E-state index contributed by atoms with van der Waals surface area (Å²) in [6.07, 6.45) is 0.815. The van der Waals surface area contributed by atoms with Crippen molar-refractivity contribution in [2.75, 3.05) is 26.2 Å². The molecule has 2 heterocycles. The molecule has 1 atom stereocenters. The topological polar surface area (TPSA) is 58.6 Å². The number of thiophene rings is 1. The Morgan fingerprint density at radius 1 is 1.55 bits per heavy atom. The molecule has 2 rings (SSSR count). The quantitative estimate of drug-likeness (QED) is 0.903. The number of ether oxygens (including phenoxy) is 1. The first-order chi connectivity index (χ1) is 9.51. The van der Waals surface area contributed by atoms with Crippen molar-refractivity contribution in [2.45, 2.75) is 25.9 Å². The molecule has 0 unspecified atom stereocenters. The van der Waals surface area contributed by atoms with Crippen LogP contribution in [0.15, 0.2) is 17.5 Å². The highest BCUT2D eigenvalue weighted by atomic mass is 32.1. The monoisotopic (exact) mass is 296 g/mol. The molecule has 1 fully saturated rings. The predicted octanol–water partition coefficient (Wildman–Crippen LogP) is 1.04. The van der Waals surface area contributed by atoms with Crippen LogP contribution < -0.4 is 5.32 Å². The Labute approximate surface area is 122 Å². The van der Waals surface area contributed by atoms with E-state index in [0.717, 1.165) is 6.42 Å². The lowest BCUT2D eigenvalue weighted by atomic mass is 10.0. The summed E-state index contributed by atoms with van der Waals surface area (Å²) in [4.78, 5) is 26.6. The van der Waals surface area contributed by atoms with Crippen molar-refractivity contribution in [1.29, 1.82) is 0 Å². The first kappa shape index (κ1) is 15.0. The second-order valence-corrected chi connectivity index (χ2v) is 6.14. The molecule has 2 amide bonds. The summed E-state index contributed by atoms with van der Waals surface area (Å²) in [5.41, 5.74) is -0.945. The van der Waals surface area contributed by atoms with Crippen LogP contribution in [-0.4, -0.2) is 48.6 Å². The Morgan fingerprint density at radius 2 is 2.35 bits per heavy atom. The van der Waals surface area contributed by atoms with E-state index >= 15 is 0 Å². The molecule has 1 aliphatic heterocycles. The normalized spacial score (nSPS) is 22.6. The molecule has 110 valence electrons. The zero-order valence-corrected chi connectivity index (χ0v) is 12.7. The molecule has 0 saturated carbocycles. The third-order valence-electron chi connectivity index (χ3n) is 3.44. The first-order valence-corrected chi connectivity index (χ1v) is 7.59. The van der Waals surface area contributed by atoms with Gasteiger partial charge in [0, 0.05) is 24.9 Å². The summed E-state index contributed by atoms with van der Waals surface area (Å²) < 4.78 is 5.59. The van der Waals surface area contributed by atoms with Crippen LogP contribution >= 0.6 is 11.3 Å². The molecule has 0 aliphatic carbocycles. The van der Waals surface area contributed by atoms with Gasteiger partial charge in [0.1, 0.15) is 0 Å². The standard InChI is InChI=1S/C14H20N2O3S/c1-11(17)16-7-8-19-14(2,10-16)13(18)15-6-5-12-4-3-9-20-12/h3-4,9H,5-8,10H2,1-2H3,(H,15,18)/t14-/m1/s1. The molecule has 0 spiro atoms. The van der Waals surface area contributed by atoms with Gasteiger partial charge in [-0.1, -0.05) is 6.07 Å². The van der Waals surface area contributed by atoms with Gasteiger partial charge in [-0.25, -0.2) is 0 Å². The van der Waals surface area contributed by atoms with Crippen LogP contribution in [0, 0.1) is 0 Å². The second-order valence-electron chi connectivity index (χ2n) is 5.11. The number of carbonyl (C=O) groups excluding carboxylic acids is 2. The maximum Gasteiger partial charge on any atom is 0.253 e. The number of rotatable bonds is 4. The molecular formula is C14H20N2O3S. The third kappa shape index (κ3) is 3.58. The van der Waals surface area contributed by atoms with Crippen LogP contribution in [0.25, 0.3) is 0 Å². The predicted molar refractivity (Wildman–Crippen MR) is 77.6 cm³/mol. The molecule has 0 bridgehead atoms. The van der Waals surface area contributed by atoms with E-state index in [-0.39, 0.29) is 11.8 Å². The van der Waals surface area contributed by atoms with Gasteiger partial charge in [-0.3, -0.25) is 9.59 Å². The van der Waals surface area contributed by atoms with Gasteiger partial charge >= 0.3 is 0 Å². The van der Waals surface area contributed by atoms with Crippen LogP contribution in [-0.2, 0) is 20.7 Å². The van der Waals surface area contributed by atoms with Crippen molar-refractivity contribution in [3.63, 3.8) is 0 Å². The molecule has 1 saturated heterocycles. The van der Waals surface area contributed by atoms with E-state index in [1.165, 1.54) is 11.8 Å². The second kappa shape index (κ2) is 6.37. The molecule has 20 heavy (non-hydrogen) atoms. The van der Waals surface area contributed by atoms with Crippen molar-refractivity contribution in [2.24, 2.45) is 0 Å². The average molecular weight is 296 g/mol. The van der Waals surface area contributed by atoms with Gasteiger partial charge in [0.15, 0.2) is 5.60 Å². The van der Waals surface area contributed by atoms with Gasteiger partial charge in [0.05, 0.1) is 13.2 Å². The molecule has 0 aromatic carbocycles. The highest BCUT2D eigenvalue weighted by Gasteiger charge is 2.39. The molecule has 0 radical (unpaired) electrons. The Balaban J connectivity index is 1.85. The van der Waals surface area contributed by atoms with Crippen molar-refractivity contribution >= 4 is 23.2 Å². The summed E-state index contributed by atoms with van der Waals surface area (Å²) in [5, 5.41) is 4.92. The van der Waals surface area contributed by atoms with E-state index in [2.05, 4.69) is 5.32 Å². The number of hydrogen-bond donors (Lipinski definition) is 1. The maximum atomic E-state index is 12.2. The van der Waals surface area contributed by atoms with Crippen molar-refractivity contribution in [1.82, 2.24) is 10.2 Å². The van der Waals surface area contributed by atoms with Crippen LogP contribution in [0.5, 0.6) is 0 Å². The lowest BCUT2D eigenvalue weighted by Crippen LogP contribution is -2.59. The number of carbonyl (C=O) groups is 2. The van der Waals surface area contributed by atoms with Gasteiger partial charge in [-0.15, -0.1) is 11.3 Å². The number of nitrogens with zero attached hydrogens (tertiary/aromatic N) is 1. The minimum absolute atomic E-state index is 0.0223. The molecule has 5 nitrogen and oxygen atoms in total. The molecule has 1 aromatic heterocycles. The molecule has 1 aliphatic rings. The van der Waals surface area contributed by atoms with Gasteiger partial charge < -0.3 is 15.0 Å². The lowest BCUT2D eigenvalue weighted by Gasteiger charge is -2.38. The summed E-state index contributed by atoms with van der Waals surface area (Å²) in [6, 6.07) is 4.05. The van der Waals surface area contributed by atoms with Gasteiger partial charge in [0.2, 0.25) is 5.91 Å². The molecule has 1 N–H and O–H groups in total. The number of amides is 2. The largest absolute Gasteiger partial charge is 0.362 e. The number of morpholine rings is 1. The van der Waals surface area contributed by atoms with E-state index in [0.29, 0.717) is 26.2 Å². The van der Waals surface area contributed by atoms with Gasteiger partial charge in [-0.05, 0) is 24.8 Å². The third-order valence-corrected chi connectivity index (χ3v) is 4.37. The van der Waals surface area contributed by atoms with Gasteiger partial charge in [0.25, 0.3) is 5.91 Å². The average Bonchev–Trinajstić information content (AvgIpc) is 2.91. The Bertz CT molecular complexity index is 475.